The molecule has 98 valence electrons. The van der Waals surface area contributed by atoms with Crippen molar-refractivity contribution in [2.24, 2.45) is 5.73 Å². The minimum atomic E-state index is 0.385. The number of thioether (sulfide) groups is 1. The van der Waals surface area contributed by atoms with Gasteiger partial charge in [-0.15, -0.1) is 10.2 Å². The van der Waals surface area contributed by atoms with E-state index in [-0.39, 0.29) is 0 Å². The first-order valence-electron chi connectivity index (χ1n) is 6.03. The molecule has 0 saturated heterocycles. The van der Waals surface area contributed by atoms with E-state index in [2.05, 4.69) is 16.3 Å². The summed E-state index contributed by atoms with van der Waals surface area (Å²) in [5, 5.41) is 18.1. The molecule has 0 spiro atoms. The van der Waals surface area contributed by atoms with E-state index in [4.69, 9.17) is 11.0 Å². The van der Waals surface area contributed by atoms with Gasteiger partial charge in [0, 0.05) is 12.3 Å². The third-order valence-electron chi connectivity index (χ3n) is 2.79. The van der Waals surface area contributed by atoms with E-state index in [9.17, 15) is 0 Å². The average molecular weight is 273 g/mol. The number of hydrogen-bond donors (Lipinski definition) is 1. The monoisotopic (exact) mass is 273 g/mol. The number of benzene rings is 1. The van der Waals surface area contributed by atoms with Crippen LogP contribution in [-0.2, 0) is 18.8 Å². The molecule has 0 saturated carbocycles. The highest BCUT2D eigenvalue weighted by Crippen LogP contribution is 2.23. The lowest BCUT2D eigenvalue weighted by molar-refractivity contribution is 0.643. The van der Waals surface area contributed by atoms with Crippen LogP contribution in [0.15, 0.2) is 29.4 Å². The Hall–Kier alpha value is -1.84. The normalized spacial score (nSPS) is 10.4. The lowest BCUT2D eigenvalue weighted by atomic mass is 10.1. The molecular formula is C13H15N5S. The average Bonchev–Trinajstić information content (AvgIpc) is 2.87. The predicted octanol–water partition coefficient (Wildman–Crippen LogP) is 1.92. The third kappa shape index (κ3) is 2.95. The van der Waals surface area contributed by atoms with E-state index in [1.807, 2.05) is 35.8 Å². The van der Waals surface area contributed by atoms with Crippen molar-refractivity contribution in [2.75, 3.05) is 0 Å². The van der Waals surface area contributed by atoms with Crippen molar-refractivity contribution in [1.29, 1.82) is 5.26 Å². The van der Waals surface area contributed by atoms with Gasteiger partial charge in [-0.1, -0.05) is 30.0 Å². The van der Waals surface area contributed by atoms with Crippen molar-refractivity contribution < 1.29 is 0 Å². The minimum Gasteiger partial charge on any atom is -0.324 e. The van der Waals surface area contributed by atoms with Gasteiger partial charge in [0.1, 0.15) is 5.82 Å². The summed E-state index contributed by atoms with van der Waals surface area (Å²) >= 11 is 1.57. The fourth-order valence-electron chi connectivity index (χ4n) is 1.79. The van der Waals surface area contributed by atoms with E-state index in [1.165, 1.54) is 0 Å². The number of nitriles is 1. The Morgan fingerprint density at radius 1 is 1.37 bits per heavy atom. The van der Waals surface area contributed by atoms with Gasteiger partial charge in [-0.05, 0) is 18.6 Å². The summed E-state index contributed by atoms with van der Waals surface area (Å²) < 4.78 is 2.00. The second kappa shape index (κ2) is 6.36. The van der Waals surface area contributed by atoms with Gasteiger partial charge < -0.3 is 10.3 Å². The van der Waals surface area contributed by atoms with Crippen LogP contribution in [0.1, 0.15) is 23.9 Å². The molecule has 19 heavy (non-hydrogen) atoms. The van der Waals surface area contributed by atoms with Crippen molar-refractivity contribution in [3.63, 3.8) is 0 Å². The molecule has 2 N–H and O–H groups in total. The SMILES string of the molecule is CCn1c(CN)nnc1SCc1ccccc1C#N. The first-order chi connectivity index (χ1) is 9.30. The van der Waals surface area contributed by atoms with Crippen LogP contribution in [0.25, 0.3) is 0 Å². The van der Waals surface area contributed by atoms with Crippen molar-refractivity contribution in [3.8, 4) is 6.07 Å². The Balaban J connectivity index is 2.15. The molecule has 2 rings (SSSR count). The van der Waals surface area contributed by atoms with E-state index >= 15 is 0 Å². The van der Waals surface area contributed by atoms with Crippen molar-refractivity contribution in [2.45, 2.75) is 30.9 Å². The summed E-state index contributed by atoms with van der Waals surface area (Å²) in [5.41, 5.74) is 7.33. The minimum absolute atomic E-state index is 0.385. The molecule has 0 fully saturated rings. The molecule has 0 aliphatic carbocycles. The first-order valence-corrected chi connectivity index (χ1v) is 7.01. The summed E-state index contributed by atoms with van der Waals surface area (Å²) in [5.74, 6) is 1.49. The number of nitrogens with two attached hydrogens (primary N) is 1. The second-order valence-corrected chi connectivity index (χ2v) is 4.85. The molecule has 1 aromatic carbocycles. The van der Waals surface area contributed by atoms with Crippen LogP contribution < -0.4 is 5.73 Å². The van der Waals surface area contributed by atoms with E-state index in [0.717, 1.165) is 23.1 Å². The second-order valence-electron chi connectivity index (χ2n) is 3.90. The van der Waals surface area contributed by atoms with E-state index in [0.29, 0.717) is 17.9 Å². The highest BCUT2D eigenvalue weighted by molar-refractivity contribution is 7.98. The summed E-state index contributed by atoms with van der Waals surface area (Å²) in [6.07, 6.45) is 0. The Morgan fingerprint density at radius 3 is 2.84 bits per heavy atom. The molecule has 5 nitrogen and oxygen atoms in total. The Bertz CT molecular complexity index is 599. The predicted molar refractivity (Wildman–Crippen MR) is 74.3 cm³/mol. The Morgan fingerprint density at radius 2 is 2.16 bits per heavy atom. The van der Waals surface area contributed by atoms with Crippen LogP contribution in [0, 0.1) is 11.3 Å². The van der Waals surface area contributed by atoms with Crippen LogP contribution in [0.2, 0.25) is 0 Å². The lowest BCUT2D eigenvalue weighted by Gasteiger charge is -2.06. The lowest BCUT2D eigenvalue weighted by Crippen LogP contribution is -2.08. The fraction of sp³-hybridized carbons (Fsp3) is 0.308. The molecule has 0 atom stereocenters. The third-order valence-corrected chi connectivity index (χ3v) is 3.80. The first kappa shape index (κ1) is 13.6. The zero-order valence-corrected chi connectivity index (χ0v) is 11.5. The maximum absolute atomic E-state index is 9.05. The van der Waals surface area contributed by atoms with Crippen molar-refractivity contribution in [1.82, 2.24) is 14.8 Å². The van der Waals surface area contributed by atoms with Gasteiger partial charge in [0.05, 0.1) is 18.2 Å². The van der Waals surface area contributed by atoms with Gasteiger partial charge in [0.15, 0.2) is 5.16 Å². The number of nitrogens with zero attached hydrogens (tertiary/aromatic N) is 4. The zero-order valence-electron chi connectivity index (χ0n) is 10.7. The molecule has 0 unspecified atom stereocenters. The number of hydrogen-bond acceptors (Lipinski definition) is 5. The van der Waals surface area contributed by atoms with Crippen molar-refractivity contribution >= 4 is 11.8 Å². The van der Waals surface area contributed by atoms with Gasteiger partial charge >= 0.3 is 0 Å². The summed E-state index contributed by atoms with van der Waals surface area (Å²) in [7, 11) is 0. The van der Waals surface area contributed by atoms with Crippen LogP contribution in [0.4, 0.5) is 0 Å². The molecule has 1 aromatic heterocycles. The zero-order chi connectivity index (χ0) is 13.7. The largest absolute Gasteiger partial charge is 0.324 e. The summed E-state index contributed by atoms with van der Waals surface area (Å²) in [6.45, 7) is 3.22. The van der Waals surface area contributed by atoms with Crippen LogP contribution in [0.5, 0.6) is 0 Å². The van der Waals surface area contributed by atoms with Gasteiger partial charge in [0.25, 0.3) is 0 Å². The topological polar surface area (TPSA) is 80.5 Å². The molecule has 2 aromatic rings. The molecule has 6 heteroatoms. The highest BCUT2D eigenvalue weighted by Gasteiger charge is 2.10. The smallest absolute Gasteiger partial charge is 0.191 e. The van der Waals surface area contributed by atoms with Gasteiger partial charge in [-0.25, -0.2) is 0 Å². The van der Waals surface area contributed by atoms with E-state index < -0.39 is 0 Å². The molecule has 0 amide bonds. The van der Waals surface area contributed by atoms with E-state index in [1.54, 1.807) is 11.8 Å². The molecule has 0 radical (unpaired) electrons. The summed E-state index contributed by atoms with van der Waals surface area (Å²) in [6, 6.07) is 9.79. The van der Waals surface area contributed by atoms with Crippen LogP contribution >= 0.6 is 11.8 Å². The standard InChI is InChI=1S/C13H15N5S/c1-2-18-12(8-15)16-17-13(18)19-9-11-6-4-3-5-10(11)7-14/h3-6H,2,8-9,15H2,1H3. The molecule has 0 aliphatic rings. The van der Waals surface area contributed by atoms with Gasteiger partial charge in [0.2, 0.25) is 0 Å². The molecular weight excluding hydrogens is 258 g/mol. The summed E-state index contributed by atoms with van der Waals surface area (Å²) in [4.78, 5) is 0. The fourth-order valence-corrected chi connectivity index (χ4v) is 2.82. The van der Waals surface area contributed by atoms with Crippen LogP contribution in [0.3, 0.4) is 0 Å². The van der Waals surface area contributed by atoms with Crippen LogP contribution in [-0.4, -0.2) is 14.8 Å². The molecule has 0 bridgehead atoms. The molecule has 0 aliphatic heterocycles. The number of rotatable bonds is 5. The maximum atomic E-state index is 9.05. The van der Waals surface area contributed by atoms with Crippen molar-refractivity contribution in [3.05, 3.63) is 41.2 Å². The quantitative estimate of drug-likeness (QED) is 0.842. The van der Waals surface area contributed by atoms with Gasteiger partial charge in [-0.2, -0.15) is 5.26 Å². The Labute approximate surface area is 116 Å². The molecule has 1 heterocycles. The van der Waals surface area contributed by atoms with Gasteiger partial charge in [-0.3, -0.25) is 0 Å². The Kier molecular flexibility index (Phi) is 4.55. The number of aromatic nitrogens is 3. The highest BCUT2D eigenvalue weighted by atomic mass is 32.2. The maximum Gasteiger partial charge on any atom is 0.191 e.